The summed E-state index contributed by atoms with van der Waals surface area (Å²) in [5, 5.41) is -0.769. The molecule has 0 saturated heterocycles. The Labute approximate surface area is 123 Å². The summed E-state index contributed by atoms with van der Waals surface area (Å²) >= 11 is 5.06. The van der Waals surface area contributed by atoms with Crippen LogP contribution in [-0.4, -0.2) is 38.6 Å². The third-order valence-corrected chi connectivity index (χ3v) is 5.76. The van der Waals surface area contributed by atoms with Crippen molar-refractivity contribution in [2.24, 2.45) is 11.1 Å². The van der Waals surface area contributed by atoms with Crippen LogP contribution in [0.3, 0.4) is 0 Å². The summed E-state index contributed by atoms with van der Waals surface area (Å²) in [6, 6.07) is 5.85. The van der Waals surface area contributed by atoms with Crippen LogP contribution in [-0.2, 0) is 14.6 Å². The van der Waals surface area contributed by atoms with E-state index in [1.54, 1.807) is 12.1 Å². The van der Waals surface area contributed by atoms with Gasteiger partial charge in [0.1, 0.15) is 5.82 Å². The molecule has 0 unspecified atom stereocenters. The molecule has 0 aromatic heterocycles. The second-order valence-electron chi connectivity index (χ2n) is 5.12. The molecule has 1 saturated carbocycles. The van der Waals surface area contributed by atoms with Gasteiger partial charge in [0.05, 0.1) is 22.3 Å². The van der Waals surface area contributed by atoms with Crippen molar-refractivity contribution >= 4 is 27.0 Å². The number of rotatable bonds is 5. The topological polar surface area (TPSA) is 69.4 Å². The summed E-state index contributed by atoms with van der Waals surface area (Å²) in [7, 11) is -1.93. The van der Waals surface area contributed by atoms with Gasteiger partial charge in [-0.25, -0.2) is 12.8 Å². The molecule has 0 bridgehead atoms. The molecule has 2 N–H and O–H groups in total. The monoisotopic (exact) mass is 317 g/mol. The lowest BCUT2D eigenvalue weighted by molar-refractivity contribution is 0.166. The fraction of sp³-hybridized carbons (Fsp3) is 0.462. The van der Waals surface area contributed by atoms with Crippen molar-refractivity contribution in [2.75, 3.05) is 20.0 Å². The molecule has 0 heterocycles. The normalized spacial score (nSPS) is 29.1. The van der Waals surface area contributed by atoms with Gasteiger partial charge in [-0.2, -0.15) is 0 Å². The van der Waals surface area contributed by atoms with Crippen molar-refractivity contribution in [3.63, 3.8) is 0 Å². The summed E-state index contributed by atoms with van der Waals surface area (Å²) < 4.78 is 42.5. The van der Waals surface area contributed by atoms with Gasteiger partial charge in [-0.15, -0.1) is 0 Å². The van der Waals surface area contributed by atoms with Crippen molar-refractivity contribution in [3.05, 3.63) is 35.6 Å². The lowest BCUT2D eigenvalue weighted by Gasteiger charge is -2.15. The zero-order chi connectivity index (χ0) is 15.1. The molecular weight excluding hydrogens is 301 g/mol. The Kier molecular flexibility index (Phi) is 3.88. The highest BCUT2D eigenvalue weighted by molar-refractivity contribution is 7.92. The van der Waals surface area contributed by atoms with Gasteiger partial charge >= 0.3 is 0 Å². The quantitative estimate of drug-likeness (QED) is 0.828. The zero-order valence-corrected chi connectivity index (χ0v) is 12.8. The number of hydrogen-bond donors (Lipinski definition) is 1. The molecule has 2 rings (SSSR count). The maximum absolute atomic E-state index is 13.4. The Balaban J connectivity index is 2.53. The van der Waals surface area contributed by atoms with Gasteiger partial charge in [0, 0.05) is 19.3 Å². The third-order valence-electron chi connectivity index (χ3n) is 3.77. The highest BCUT2D eigenvalue weighted by Gasteiger charge is 2.71. The highest BCUT2D eigenvalue weighted by atomic mass is 32.2. The third kappa shape index (κ3) is 2.34. The van der Waals surface area contributed by atoms with Gasteiger partial charge in [-0.05, 0) is 17.7 Å². The van der Waals surface area contributed by atoms with E-state index in [-0.39, 0.29) is 11.6 Å². The standard InChI is InChI=1S/C13H16FNO3S2/c1-18-7-13(12(15)19)10(11(13)20(2,16)17)8-4-3-5-9(14)6-8/h3-6,10-11H,7H2,1-2H3,(H2,15,19)/t10-,11-,13+/m1/s1. The molecule has 1 aliphatic rings. The molecule has 4 nitrogen and oxygen atoms in total. The molecule has 1 fully saturated rings. The second kappa shape index (κ2) is 5.05. The minimum Gasteiger partial charge on any atom is -0.393 e. The molecule has 110 valence electrons. The van der Waals surface area contributed by atoms with E-state index in [4.69, 9.17) is 22.7 Å². The van der Waals surface area contributed by atoms with E-state index in [0.29, 0.717) is 5.56 Å². The molecule has 3 atom stereocenters. The predicted octanol–water partition coefficient (Wildman–Crippen LogP) is 1.26. The van der Waals surface area contributed by atoms with Crippen molar-refractivity contribution in [2.45, 2.75) is 11.2 Å². The summed E-state index contributed by atoms with van der Waals surface area (Å²) in [4.78, 5) is 0.0871. The SMILES string of the molecule is COC[C@]1(C(N)=S)[C@H](c2cccc(F)c2)[C@H]1S(C)(=O)=O. The number of hydrogen-bond acceptors (Lipinski definition) is 4. The molecule has 0 radical (unpaired) electrons. The van der Waals surface area contributed by atoms with Crippen LogP contribution in [0.4, 0.5) is 4.39 Å². The van der Waals surface area contributed by atoms with Crippen molar-refractivity contribution in [1.82, 2.24) is 0 Å². The average Bonchev–Trinajstić information content (AvgIpc) is 3.00. The maximum atomic E-state index is 13.4. The lowest BCUT2D eigenvalue weighted by atomic mass is 10.00. The van der Waals surface area contributed by atoms with Crippen LogP contribution >= 0.6 is 12.2 Å². The molecule has 0 spiro atoms. The molecule has 0 aliphatic heterocycles. The summed E-state index contributed by atoms with van der Waals surface area (Å²) in [5.74, 6) is -0.887. The maximum Gasteiger partial charge on any atom is 0.152 e. The molecular formula is C13H16FNO3S2. The minimum atomic E-state index is -3.38. The van der Waals surface area contributed by atoms with Crippen molar-refractivity contribution < 1.29 is 17.5 Å². The first-order valence-corrected chi connectivity index (χ1v) is 8.34. The van der Waals surface area contributed by atoms with Crippen LogP contribution in [0, 0.1) is 11.2 Å². The Hall–Kier alpha value is -1.05. The van der Waals surface area contributed by atoms with E-state index >= 15 is 0 Å². The van der Waals surface area contributed by atoms with Crippen LogP contribution in [0.5, 0.6) is 0 Å². The van der Waals surface area contributed by atoms with E-state index < -0.39 is 32.2 Å². The summed E-state index contributed by atoms with van der Waals surface area (Å²) in [6.45, 7) is 0.0985. The second-order valence-corrected chi connectivity index (χ2v) is 7.73. The molecule has 20 heavy (non-hydrogen) atoms. The Morgan fingerprint density at radius 3 is 2.65 bits per heavy atom. The van der Waals surface area contributed by atoms with Crippen LogP contribution < -0.4 is 5.73 Å². The molecule has 1 aromatic carbocycles. The number of nitrogens with two attached hydrogens (primary N) is 1. The largest absolute Gasteiger partial charge is 0.393 e. The smallest absolute Gasteiger partial charge is 0.152 e. The van der Waals surface area contributed by atoms with Crippen molar-refractivity contribution in [3.8, 4) is 0 Å². The van der Waals surface area contributed by atoms with Crippen LogP contribution in [0.15, 0.2) is 24.3 Å². The minimum absolute atomic E-state index is 0.0871. The van der Waals surface area contributed by atoms with Gasteiger partial charge in [-0.3, -0.25) is 0 Å². The van der Waals surface area contributed by atoms with Gasteiger partial charge in [0.15, 0.2) is 9.84 Å². The Morgan fingerprint density at radius 1 is 1.55 bits per heavy atom. The van der Waals surface area contributed by atoms with E-state index in [1.807, 2.05) is 0 Å². The van der Waals surface area contributed by atoms with Crippen LogP contribution in [0.25, 0.3) is 0 Å². The van der Waals surface area contributed by atoms with Gasteiger partial charge < -0.3 is 10.5 Å². The predicted molar refractivity (Wildman–Crippen MR) is 78.9 cm³/mol. The number of ether oxygens (including phenoxy) is 1. The molecule has 0 amide bonds. The zero-order valence-electron chi connectivity index (χ0n) is 11.2. The number of methoxy groups -OCH3 is 1. The first-order chi connectivity index (χ1) is 9.25. The number of halogens is 1. The molecule has 1 aliphatic carbocycles. The summed E-state index contributed by atoms with van der Waals surface area (Å²) in [6.07, 6.45) is 1.14. The fourth-order valence-corrected chi connectivity index (χ4v) is 5.29. The van der Waals surface area contributed by atoms with Crippen LogP contribution in [0.1, 0.15) is 11.5 Å². The summed E-state index contributed by atoms with van der Waals surface area (Å²) in [5.41, 5.74) is 5.39. The Bertz CT molecular complexity index is 647. The van der Waals surface area contributed by atoms with Crippen LogP contribution in [0.2, 0.25) is 0 Å². The highest BCUT2D eigenvalue weighted by Crippen LogP contribution is 2.63. The van der Waals surface area contributed by atoms with E-state index in [1.165, 1.54) is 19.2 Å². The van der Waals surface area contributed by atoms with Gasteiger partial charge in [0.25, 0.3) is 0 Å². The van der Waals surface area contributed by atoms with Crippen molar-refractivity contribution in [1.29, 1.82) is 0 Å². The average molecular weight is 317 g/mol. The number of thiocarbonyl (C=S) groups is 1. The number of benzene rings is 1. The lowest BCUT2D eigenvalue weighted by Crippen LogP contribution is -2.32. The first-order valence-electron chi connectivity index (χ1n) is 5.98. The van der Waals surface area contributed by atoms with E-state index in [0.717, 1.165) is 6.26 Å². The first kappa shape index (κ1) is 15.3. The number of sulfone groups is 1. The van der Waals surface area contributed by atoms with Gasteiger partial charge in [-0.1, -0.05) is 24.4 Å². The van der Waals surface area contributed by atoms with Gasteiger partial charge in [0.2, 0.25) is 0 Å². The van der Waals surface area contributed by atoms with E-state index in [9.17, 15) is 12.8 Å². The Morgan fingerprint density at radius 2 is 2.20 bits per heavy atom. The fourth-order valence-electron chi connectivity index (χ4n) is 2.98. The molecule has 1 aromatic rings. The molecule has 7 heteroatoms. The van der Waals surface area contributed by atoms with E-state index in [2.05, 4.69) is 0 Å².